The number of anilines is 1. The standard InChI is InChI=1S/C13H12ClN5S/c1-19-12(15)17-18-13(19)20-7-9-10(14)5-4-8-3-2-6-16-11(8)9/h2-6H,7H2,1H3,(H2,15,17). The van der Waals surface area contributed by atoms with Crippen LogP contribution in [0.4, 0.5) is 5.95 Å². The molecule has 20 heavy (non-hydrogen) atoms. The van der Waals surface area contributed by atoms with Crippen molar-refractivity contribution >= 4 is 40.2 Å². The zero-order valence-electron chi connectivity index (χ0n) is 10.7. The molecule has 3 aromatic rings. The predicted molar refractivity (Wildman–Crippen MR) is 81.7 cm³/mol. The third kappa shape index (κ3) is 2.32. The molecule has 2 heterocycles. The Morgan fingerprint density at radius 1 is 1.30 bits per heavy atom. The Labute approximate surface area is 125 Å². The Bertz CT molecular complexity index is 771. The molecule has 0 bridgehead atoms. The second-order valence-electron chi connectivity index (χ2n) is 4.29. The molecule has 5 nitrogen and oxygen atoms in total. The van der Waals surface area contributed by atoms with E-state index in [-0.39, 0.29) is 0 Å². The molecule has 2 aromatic heterocycles. The molecule has 0 radical (unpaired) electrons. The number of nitrogen functional groups attached to an aromatic ring is 1. The molecule has 0 amide bonds. The Hall–Kier alpha value is -1.79. The third-order valence-electron chi connectivity index (χ3n) is 3.04. The van der Waals surface area contributed by atoms with E-state index in [2.05, 4.69) is 15.2 Å². The fraction of sp³-hybridized carbons (Fsp3) is 0.154. The summed E-state index contributed by atoms with van der Waals surface area (Å²) in [7, 11) is 1.83. The lowest BCUT2D eigenvalue weighted by molar-refractivity contribution is 0.796. The molecule has 0 saturated heterocycles. The van der Waals surface area contributed by atoms with E-state index in [1.54, 1.807) is 10.8 Å². The van der Waals surface area contributed by atoms with Gasteiger partial charge < -0.3 is 5.73 Å². The number of rotatable bonds is 3. The summed E-state index contributed by atoms with van der Waals surface area (Å²) in [6, 6.07) is 7.80. The van der Waals surface area contributed by atoms with Gasteiger partial charge in [-0.15, -0.1) is 10.2 Å². The van der Waals surface area contributed by atoms with Crippen molar-refractivity contribution < 1.29 is 0 Å². The fourth-order valence-corrected chi connectivity index (χ4v) is 3.16. The second kappa shape index (κ2) is 5.30. The van der Waals surface area contributed by atoms with E-state index < -0.39 is 0 Å². The van der Waals surface area contributed by atoms with Gasteiger partial charge in [0.05, 0.1) is 5.52 Å². The largest absolute Gasteiger partial charge is 0.368 e. The summed E-state index contributed by atoms with van der Waals surface area (Å²) in [5, 5.41) is 10.4. The maximum absolute atomic E-state index is 6.29. The van der Waals surface area contributed by atoms with Gasteiger partial charge in [0.25, 0.3) is 0 Å². The van der Waals surface area contributed by atoms with Crippen molar-refractivity contribution in [1.82, 2.24) is 19.7 Å². The van der Waals surface area contributed by atoms with Crippen molar-refractivity contribution in [3.63, 3.8) is 0 Å². The van der Waals surface area contributed by atoms with Gasteiger partial charge in [-0.1, -0.05) is 35.5 Å². The third-order valence-corrected chi connectivity index (χ3v) is 4.44. The van der Waals surface area contributed by atoms with E-state index in [1.807, 2.05) is 31.3 Å². The maximum atomic E-state index is 6.29. The number of benzene rings is 1. The van der Waals surface area contributed by atoms with Gasteiger partial charge in [0.15, 0.2) is 5.16 Å². The number of nitrogens with zero attached hydrogens (tertiary/aromatic N) is 4. The minimum atomic E-state index is 0.398. The number of pyridine rings is 1. The molecule has 0 aliphatic carbocycles. The Morgan fingerprint density at radius 2 is 2.15 bits per heavy atom. The Balaban J connectivity index is 1.94. The van der Waals surface area contributed by atoms with Gasteiger partial charge in [-0.2, -0.15) is 0 Å². The summed E-state index contributed by atoms with van der Waals surface area (Å²) in [6.45, 7) is 0. The molecular weight excluding hydrogens is 294 g/mol. The summed E-state index contributed by atoms with van der Waals surface area (Å²) in [4.78, 5) is 4.42. The highest BCUT2D eigenvalue weighted by Crippen LogP contribution is 2.30. The van der Waals surface area contributed by atoms with Crippen LogP contribution in [-0.4, -0.2) is 19.7 Å². The summed E-state index contributed by atoms with van der Waals surface area (Å²) >= 11 is 7.83. The quantitative estimate of drug-likeness (QED) is 0.753. The lowest BCUT2D eigenvalue weighted by Gasteiger charge is -2.07. The highest BCUT2D eigenvalue weighted by Gasteiger charge is 2.11. The zero-order chi connectivity index (χ0) is 14.1. The van der Waals surface area contributed by atoms with Gasteiger partial charge in [-0.3, -0.25) is 9.55 Å². The van der Waals surface area contributed by atoms with Crippen molar-refractivity contribution in [2.75, 3.05) is 5.73 Å². The number of fused-ring (bicyclic) bond motifs is 1. The van der Waals surface area contributed by atoms with Crippen LogP contribution in [-0.2, 0) is 12.8 Å². The van der Waals surface area contributed by atoms with Crippen LogP contribution >= 0.6 is 23.4 Å². The minimum absolute atomic E-state index is 0.398. The first-order chi connectivity index (χ1) is 9.66. The Kier molecular flexibility index (Phi) is 3.50. The molecule has 102 valence electrons. The maximum Gasteiger partial charge on any atom is 0.222 e. The van der Waals surface area contributed by atoms with E-state index in [9.17, 15) is 0 Å². The van der Waals surface area contributed by atoms with Crippen LogP contribution in [0.1, 0.15) is 5.56 Å². The highest BCUT2D eigenvalue weighted by molar-refractivity contribution is 7.98. The molecule has 0 aliphatic heterocycles. The van der Waals surface area contributed by atoms with Gasteiger partial charge in [-0.25, -0.2) is 0 Å². The fourth-order valence-electron chi connectivity index (χ4n) is 1.91. The van der Waals surface area contributed by atoms with E-state index >= 15 is 0 Å². The molecule has 0 saturated carbocycles. The topological polar surface area (TPSA) is 69.6 Å². The molecule has 2 N–H and O–H groups in total. The molecule has 0 spiro atoms. The molecule has 0 aliphatic rings. The van der Waals surface area contributed by atoms with Crippen LogP contribution in [0.5, 0.6) is 0 Å². The zero-order valence-corrected chi connectivity index (χ0v) is 12.3. The van der Waals surface area contributed by atoms with Crippen molar-refractivity contribution in [1.29, 1.82) is 0 Å². The summed E-state index contributed by atoms with van der Waals surface area (Å²) in [5.74, 6) is 1.06. The van der Waals surface area contributed by atoms with Crippen LogP contribution in [0.3, 0.4) is 0 Å². The van der Waals surface area contributed by atoms with E-state index in [0.29, 0.717) is 16.7 Å². The van der Waals surface area contributed by atoms with Crippen LogP contribution in [0.2, 0.25) is 5.02 Å². The molecule has 1 aromatic carbocycles. The number of halogens is 1. The van der Waals surface area contributed by atoms with Gasteiger partial charge >= 0.3 is 0 Å². The average Bonchev–Trinajstić information content (AvgIpc) is 2.78. The smallest absolute Gasteiger partial charge is 0.222 e. The number of aromatic nitrogens is 4. The van der Waals surface area contributed by atoms with Crippen LogP contribution in [0.15, 0.2) is 35.6 Å². The van der Waals surface area contributed by atoms with Crippen molar-refractivity contribution in [2.45, 2.75) is 10.9 Å². The van der Waals surface area contributed by atoms with Crippen molar-refractivity contribution in [3.8, 4) is 0 Å². The summed E-state index contributed by atoms with van der Waals surface area (Å²) in [5.41, 5.74) is 7.58. The predicted octanol–water partition coefficient (Wildman–Crippen LogP) is 2.89. The first-order valence-electron chi connectivity index (χ1n) is 5.96. The molecule has 0 atom stereocenters. The molecule has 0 unspecified atom stereocenters. The lowest BCUT2D eigenvalue weighted by Crippen LogP contribution is -1.98. The van der Waals surface area contributed by atoms with Gasteiger partial charge in [0.1, 0.15) is 0 Å². The van der Waals surface area contributed by atoms with E-state index in [4.69, 9.17) is 17.3 Å². The van der Waals surface area contributed by atoms with Gasteiger partial charge in [-0.05, 0) is 12.1 Å². The first-order valence-corrected chi connectivity index (χ1v) is 7.33. The normalized spacial score (nSPS) is 11.1. The van der Waals surface area contributed by atoms with Crippen LogP contribution in [0, 0.1) is 0 Å². The summed E-state index contributed by atoms with van der Waals surface area (Å²) in [6.07, 6.45) is 1.77. The molecule has 3 rings (SSSR count). The molecule has 7 heteroatoms. The van der Waals surface area contributed by atoms with E-state index in [1.165, 1.54) is 11.8 Å². The number of hydrogen-bond donors (Lipinski definition) is 1. The second-order valence-corrected chi connectivity index (χ2v) is 5.64. The minimum Gasteiger partial charge on any atom is -0.368 e. The van der Waals surface area contributed by atoms with Crippen LogP contribution in [0.25, 0.3) is 10.9 Å². The van der Waals surface area contributed by atoms with Gasteiger partial charge in [0, 0.05) is 35.0 Å². The summed E-state index contributed by atoms with van der Waals surface area (Å²) < 4.78 is 1.75. The Morgan fingerprint density at radius 3 is 2.90 bits per heavy atom. The van der Waals surface area contributed by atoms with Crippen molar-refractivity contribution in [2.24, 2.45) is 7.05 Å². The van der Waals surface area contributed by atoms with Gasteiger partial charge in [0.2, 0.25) is 5.95 Å². The number of thioether (sulfide) groups is 1. The molecular formula is C13H12ClN5S. The SMILES string of the molecule is Cn1c(N)nnc1SCc1c(Cl)ccc2cccnc12. The highest BCUT2D eigenvalue weighted by atomic mass is 35.5. The molecule has 0 fully saturated rings. The monoisotopic (exact) mass is 305 g/mol. The lowest BCUT2D eigenvalue weighted by atomic mass is 10.1. The van der Waals surface area contributed by atoms with Crippen molar-refractivity contribution in [3.05, 3.63) is 41.0 Å². The number of hydrogen-bond acceptors (Lipinski definition) is 5. The van der Waals surface area contributed by atoms with Crippen LogP contribution < -0.4 is 5.73 Å². The number of nitrogens with two attached hydrogens (primary N) is 1. The van der Waals surface area contributed by atoms with E-state index in [0.717, 1.165) is 21.6 Å². The first kappa shape index (κ1) is 13.2. The average molecular weight is 306 g/mol.